The van der Waals surface area contributed by atoms with Gasteiger partial charge in [0.25, 0.3) is 5.91 Å². The van der Waals surface area contributed by atoms with Crippen molar-refractivity contribution in [3.8, 4) is 0 Å². The van der Waals surface area contributed by atoms with Crippen molar-refractivity contribution >= 4 is 11.5 Å². The van der Waals surface area contributed by atoms with E-state index >= 15 is 0 Å². The molecule has 0 saturated heterocycles. The fourth-order valence-electron chi connectivity index (χ4n) is 1.60. The normalized spacial score (nSPS) is 15.9. The molecule has 72 valence electrons. The van der Waals surface area contributed by atoms with Gasteiger partial charge in [-0.15, -0.1) is 0 Å². The number of aliphatic hydroxyl groups is 1. The maximum atomic E-state index is 11.4. The highest BCUT2D eigenvalue weighted by Gasteiger charge is 2.24. The van der Waals surface area contributed by atoms with E-state index in [4.69, 9.17) is 0 Å². The van der Waals surface area contributed by atoms with Crippen LogP contribution in [0.5, 0.6) is 0 Å². The summed E-state index contributed by atoms with van der Waals surface area (Å²) in [5.41, 5.74) is 2.20. The van der Waals surface area contributed by atoms with Gasteiger partial charge in [0.2, 0.25) is 0 Å². The molecule has 0 aliphatic carbocycles. The average molecular weight is 189 g/mol. The number of rotatable bonds is 1. The van der Waals surface area contributed by atoms with Gasteiger partial charge in [-0.05, 0) is 18.1 Å². The first-order valence-corrected chi connectivity index (χ1v) is 4.46. The average Bonchev–Trinajstić information content (AvgIpc) is 2.48. The van der Waals surface area contributed by atoms with E-state index in [1.807, 2.05) is 31.2 Å². The number of aliphatic hydroxyl groups excluding tert-OH is 1. The SMILES string of the molecule is Cc1ccccc1C1=C(O)CNC1=O. The molecular formula is C11H11NO2. The molecule has 1 aromatic rings. The van der Waals surface area contributed by atoms with Crippen molar-refractivity contribution in [2.45, 2.75) is 6.92 Å². The standard InChI is InChI=1S/C11H11NO2/c1-7-4-2-3-5-8(7)10-9(13)6-12-11(10)14/h2-5,13H,6H2,1H3,(H,12,14). The van der Waals surface area contributed by atoms with Crippen molar-refractivity contribution < 1.29 is 9.90 Å². The van der Waals surface area contributed by atoms with Crippen LogP contribution in [0.3, 0.4) is 0 Å². The van der Waals surface area contributed by atoms with Crippen LogP contribution in [0.4, 0.5) is 0 Å². The number of hydrogen-bond acceptors (Lipinski definition) is 2. The van der Waals surface area contributed by atoms with E-state index in [0.29, 0.717) is 5.57 Å². The highest BCUT2D eigenvalue weighted by molar-refractivity contribution is 6.22. The quantitative estimate of drug-likeness (QED) is 0.701. The summed E-state index contributed by atoms with van der Waals surface area (Å²) in [7, 11) is 0. The molecular weight excluding hydrogens is 178 g/mol. The molecule has 3 heteroatoms. The Bertz CT molecular complexity index is 421. The van der Waals surface area contributed by atoms with Crippen molar-refractivity contribution in [1.82, 2.24) is 5.32 Å². The van der Waals surface area contributed by atoms with Crippen LogP contribution in [0.15, 0.2) is 30.0 Å². The van der Waals surface area contributed by atoms with Crippen LogP contribution in [0, 0.1) is 6.92 Å². The summed E-state index contributed by atoms with van der Waals surface area (Å²) in [6.45, 7) is 2.16. The van der Waals surface area contributed by atoms with E-state index < -0.39 is 0 Å². The van der Waals surface area contributed by atoms with Crippen molar-refractivity contribution in [3.63, 3.8) is 0 Å². The predicted octanol–water partition coefficient (Wildman–Crippen LogP) is 1.39. The van der Waals surface area contributed by atoms with Crippen LogP contribution in [-0.2, 0) is 4.79 Å². The maximum Gasteiger partial charge on any atom is 0.255 e. The van der Waals surface area contributed by atoms with Crippen molar-refractivity contribution in [2.24, 2.45) is 0 Å². The smallest absolute Gasteiger partial charge is 0.255 e. The molecule has 0 bridgehead atoms. The molecule has 2 rings (SSSR count). The zero-order chi connectivity index (χ0) is 10.1. The summed E-state index contributed by atoms with van der Waals surface area (Å²) >= 11 is 0. The second-order valence-corrected chi connectivity index (χ2v) is 3.32. The number of amides is 1. The molecule has 0 radical (unpaired) electrons. The van der Waals surface area contributed by atoms with E-state index in [2.05, 4.69) is 5.32 Å². The first-order valence-electron chi connectivity index (χ1n) is 4.46. The molecule has 0 fully saturated rings. The number of nitrogens with one attached hydrogen (secondary N) is 1. The highest BCUT2D eigenvalue weighted by atomic mass is 16.3. The molecule has 0 aromatic heterocycles. The fraction of sp³-hybridized carbons (Fsp3) is 0.182. The zero-order valence-corrected chi connectivity index (χ0v) is 7.87. The zero-order valence-electron chi connectivity index (χ0n) is 7.87. The van der Waals surface area contributed by atoms with E-state index in [-0.39, 0.29) is 18.2 Å². The Kier molecular flexibility index (Phi) is 2.00. The van der Waals surface area contributed by atoms with Gasteiger partial charge in [0.05, 0.1) is 12.1 Å². The van der Waals surface area contributed by atoms with Crippen molar-refractivity contribution in [3.05, 3.63) is 41.2 Å². The Hall–Kier alpha value is -1.77. The lowest BCUT2D eigenvalue weighted by atomic mass is 10.0. The Morgan fingerprint density at radius 2 is 2.07 bits per heavy atom. The second-order valence-electron chi connectivity index (χ2n) is 3.32. The van der Waals surface area contributed by atoms with Crippen LogP contribution in [0.2, 0.25) is 0 Å². The van der Waals surface area contributed by atoms with Crippen LogP contribution in [-0.4, -0.2) is 17.6 Å². The summed E-state index contributed by atoms with van der Waals surface area (Å²) in [4.78, 5) is 11.4. The van der Waals surface area contributed by atoms with Crippen LogP contribution >= 0.6 is 0 Å². The summed E-state index contributed by atoms with van der Waals surface area (Å²) in [5.74, 6) is -0.0684. The summed E-state index contributed by atoms with van der Waals surface area (Å²) in [6, 6.07) is 7.52. The van der Waals surface area contributed by atoms with E-state index in [0.717, 1.165) is 11.1 Å². The Balaban J connectivity index is 2.55. The van der Waals surface area contributed by atoms with E-state index in [1.54, 1.807) is 0 Å². The molecule has 1 amide bonds. The van der Waals surface area contributed by atoms with Crippen LogP contribution in [0.25, 0.3) is 5.57 Å². The predicted molar refractivity (Wildman–Crippen MR) is 53.7 cm³/mol. The van der Waals surface area contributed by atoms with Gasteiger partial charge in [-0.2, -0.15) is 0 Å². The number of carbonyl (C=O) groups excluding carboxylic acids is 1. The van der Waals surface area contributed by atoms with Gasteiger partial charge in [-0.1, -0.05) is 24.3 Å². The minimum Gasteiger partial charge on any atom is -0.510 e. The van der Waals surface area contributed by atoms with Gasteiger partial charge in [0.15, 0.2) is 0 Å². The first kappa shape index (κ1) is 8.81. The number of carbonyl (C=O) groups is 1. The number of aryl methyl sites for hydroxylation is 1. The molecule has 14 heavy (non-hydrogen) atoms. The Morgan fingerprint density at radius 1 is 1.36 bits per heavy atom. The van der Waals surface area contributed by atoms with E-state index in [9.17, 15) is 9.90 Å². The molecule has 1 aliphatic heterocycles. The van der Waals surface area contributed by atoms with Gasteiger partial charge in [-0.3, -0.25) is 4.79 Å². The third-order valence-corrected chi connectivity index (χ3v) is 2.35. The van der Waals surface area contributed by atoms with Crippen molar-refractivity contribution in [2.75, 3.05) is 6.54 Å². The first-order chi connectivity index (χ1) is 6.70. The number of benzene rings is 1. The lowest BCUT2D eigenvalue weighted by molar-refractivity contribution is -0.114. The van der Waals surface area contributed by atoms with E-state index in [1.165, 1.54) is 0 Å². The molecule has 1 aliphatic rings. The molecule has 1 heterocycles. The van der Waals surface area contributed by atoms with Gasteiger partial charge in [-0.25, -0.2) is 0 Å². The topological polar surface area (TPSA) is 49.3 Å². The van der Waals surface area contributed by atoms with Gasteiger partial charge in [0.1, 0.15) is 5.76 Å². The maximum absolute atomic E-state index is 11.4. The fourth-order valence-corrected chi connectivity index (χ4v) is 1.60. The monoisotopic (exact) mass is 189 g/mol. The van der Waals surface area contributed by atoms with Crippen LogP contribution < -0.4 is 5.32 Å². The largest absolute Gasteiger partial charge is 0.510 e. The van der Waals surface area contributed by atoms with Gasteiger partial charge >= 0.3 is 0 Å². The Labute approximate surface area is 82.1 Å². The minimum absolute atomic E-state index is 0.129. The highest BCUT2D eigenvalue weighted by Crippen LogP contribution is 2.24. The van der Waals surface area contributed by atoms with Crippen molar-refractivity contribution in [1.29, 1.82) is 0 Å². The molecule has 0 atom stereocenters. The third kappa shape index (κ3) is 1.27. The molecule has 1 aromatic carbocycles. The molecule has 2 N–H and O–H groups in total. The summed E-state index contributed by atoms with van der Waals surface area (Å²) in [6.07, 6.45) is 0. The summed E-state index contributed by atoms with van der Waals surface area (Å²) in [5, 5.41) is 12.1. The molecule has 0 saturated carbocycles. The molecule has 3 nitrogen and oxygen atoms in total. The van der Waals surface area contributed by atoms with Gasteiger partial charge in [0, 0.05) is 0 Å². The Morgan fingerprint density at radius 3 is 2.64 bits per heavy atom. The minimum atomic E-state index is -0.197. The number of hydrogen-bond donors (Lipinski definition) is 2. The third-order valence-electron chi connectivity index (χ3n) is 2.35. The second kappa shape index (κ2) is 3.18. The summed E-state index contributed by atoms with van der Waals surface area (Å²) < 4.78 is 0. The lowest BCUT2D eigenvalue weighted by Gasteiger charge is -2.04. The molecule has 0 unspecified atom stereocenters. The molecule has 0 spiro atoms. The van der Waals surface area contributed by atoms with Gasteiger partial charge < -0.3 is 10.4 Å². The van der Waals surface area contributed by atoms with Crippen LogP contribution in [0.1, 0.15) is 11.1 Å². The lowest BCUT2D eigenvalue weighted by Crippen LogP contribution is -2.17.